The third-order valence-electron chi connectivity index (χ3n) is 3.37. The maximum atomic E-state index is 12.0. The van der Waals surface area contributed by atoms with Crippen LogP contribution in [0, 0.1) is 6.92 Å². The van der Waals surface area contributed by atoms with Crippen LogP contribution in [0.1, 0.15) is 32.8 Å². The average molecular weight is 299 g/mol. The van der Waals surface area contributed by atoms with Gasteiger partial charge in [0.15, 0.2) is 0 Å². The molecule has 1 aromatic carbocycles. The molecule has 0 saturated heterocycles. The molecule has 0 aromatic heterocycles. The van der Waals surface area contributed by atoms with E-state index in [1.54, 1.807) is 13.2 Å². The minimum absolute atomic E-state index is 0.0582. The summed E-state index contributed by atoms with van der Waals surface area (Å²) in [5, 5.41) is 6.67. The predicted octanol–water partition coefficient (Wildman–Crippen LogP) is 3.37. The molecule has 0 spiro atoms. The number of halogens is 1. The first-order valence-electron chi connectivity index (χ1n) is 6.68. The summed E-state index contributed by atoms with van der Waals surface area (Å²) in [5.74, 6) is 0.454. The zero-order chi connectivity index (χ0) is 15.3. The molecular formula is C15H23ClN2O2. The molecule has 0 radical (unpaired) electrons. The lowest BCUT2D eigenvalue weighted by Gasteiger charge is -2.24. The first kappa shape index (κ1) is 16.8. The van der Waals surface area contributed by atoms with Gasteiger partial charge in [0.25, 0.3) is 0 Å². The number of methoxy groups -OCH3 is 1. The minimum Gasteiger partial charge on any atom is -0.495 e. The van der Waals surface area contributed by atoms with Crippen molar-refractivity contribution in [3.63, 3.8) is 0 Å². The lowest BCUT2D eigenvalue weighted by Crippen LogP contribution is -2.43. The van der Waals surface area contributed by atoms with Crippen LogP contribution in [0.4, 0.5) is 5.69 Å². The third kappa shape index (κ3) is 4.69. The Bertz CT molecular complexity index is 487. The van der Waals surface area contributed by atoms with E-state index in [9.17, 15) is 4.79 Å². The van der Waals surface area contributed by atoms with Crippen LogP contribution in [0.3, 0.4) is 0 Å². The molecule has 20 heavy (non-hydrogen) atoms. The fourth-order valence-electron chi connectivity index (χ4n) is 1.57. The van der Waals surface area contributed by atoms with Crippen LogP contribution in [0.15, 0.2) is 12.1 Å². The van der Waals surface area contributed by atoms with Crippen LogP contribution < -0.4 is 15.4 Å². The number of hydrogen-bond acceptors (Lipinski definition) is 3. The van der Waals surface area contributed by atoms with Gasteiger partial charge in [0.05, 0.1) is 19.3 Å². The highest BCUT2D eigenvalue weighted by molar-refractivity contribution is 6.31. The Morgan fingerprint density at radius 2 is 2.05 bits per heavy atom. The monoisotopic (exact) mass is 298 g/mol. The first-order chi connectivity index (χ1) is 9.29. The Balaban J connectivity index is 2.73. The number of carbonyl (C=O) groups is 1. The minimum atomic E-state index is -0.105. The normalized spacial score (nSPS) is 11.3. The van der Waals surface area contributed by atoms with Gasteiger partial charge in [-0.15, -0.1) is 0 Å². The van der Waals surface area contributed by atoms with Crippen LogP contribution in [0.2, 0.25) is 5.02 Å². The number of nitrogens with one attached hydrogen (secondary N) is 2. The molecule has 0 aliphatic heterocycles. The van der Waals surface area contributed by atoms with E-state index in [-0.39, 0.29) is 18.0 Å². The molecule has 0 unspecified atom stereocenters. The number of benzene rings is 1. The van der Waals surface area contributed by atoms with Crippen molar-refractivity contribution >= 4 is 23.2 Å². The van der Waals surface area contributed by atoms with E-state index in [0.29, 0.717) is 16.5 Å². The third-order valence-corrected chi connectivity index (χ3v) is 3.77. The molecule has 5 heteroatoms. The molecule has 1 aromatic rings. The quantitative estimate of drug-likeness (QED) is 0.846. The van der Waals surface area contributed by atoms with Crippen molar-refractivity contribution in [3.05, 3.63) is 22.7 Å². The Morgan fingerprint density at radius 1 is 1.40 bits per heavy atom. The second-order valence-electron chi connectivity index (χ2n) is 5.44. The summed E-state index contributed by atoms with van der Waals surface area (Å²) < 4.78 is 5.23. The van der Waals surface area contributed by atoms with E-state index < -0.39 is 0 Å². The summed E-state index contributed by atoms with van der Waals surface area (Å²) in [7, 11) is 1.55. The molecule has 0 heterocycles. The molecule has 1 rings (SSSR count). The number of carbonyl (C=O) groups excluding carboxylic acids is 1. The average Bonchev–Trinajstić information content (AvgIpc) is 2.40. The number of hydrogen-bond donors (Lipinski definition) is 2. The molecule has 0 atom stereocenters. The lowest BCUT2D eigenvalue weighted by atomic mass is 10.0. The summed E-state index contributed by atoms with van der Waals surface area (Å²) in [5.41, 5.74) is 1.47. The number of anilines is 1. The Hall–Kier alpha value is -1.26. The highest BCUT2D eigenvalue weighted by Gasteiger charge is 2.16. The van der Waals surface area contributed by atoms with E-state index in [4.69, 9.17) is 16.3 Å². The second-order valence-corrected chi connectivity index (χ2v) is 5.85. The van der Waals surface area contributed by atoms with Crippen LogP contribution in [0.5, 0.6) is 5.75 Å². The molecule has 2 N–H and O–H groups in total. The molecule has 4 nitrogen and oxygen atoms in total. The smallest absolute Gasteiger partial charge is 0.238 e. The number of aryl methyl sites for hydroxylation is 1. The van der Waals surface area contributed by atoms with Gasteiger partial charge in [-0.3, -0.25) is 4.79 Å². The number of amides is 1. The van der Waals surface area contributed by atoms with Gasteiger partial charge >= 0.3 is 0 Å². The van der Waals surface area contributed by atoms with Gasteiger partial charge < -0.3 is 15.4 Å². The molecule has 0 saturated carbocycles. The van der Waals surface area contributed by atoms with Crippen molar-refractivity contribution in [3.8, 4) is 5.75 Å². The van der Waals surface area contributed by atoms with Gasteiger partial charge in [0.2, 0.25) is 5.91 Å². The largest absolute Gasteiger partial charge is 0.495 e. The van der Waals surface area contributed by atoms with Crippen molar-refractivity contribution in [2.24, 2.45) is 0 Å². The summed E-state index contributed by atoms with van der Waals surface area (Å²) >= 11 is 6.04. The van der Waals surface area contributed by atoms with E-state index in [0.717, 1.165) is 12.0 Å². The SMILES string of the molecule is CCC(C)(C)NCC(=O)Nc1cc(C)c(Cl)cc1OC. The molecule has 1 amide bonds. The summed E-state index contributed by atoms with van der Waals surface area (Å²) in [4.78, 5) is 12.0. The van der Waals surface area contributed by atoms with E-state index in [1.165, 1.54) is 0 Å². The van der Waals surface area contributed by atoms with Crippen LogP contribution in [-0.4, -0.2) is 25.1 Å². The molecule has 112 valence electrons. The van der Waals surface area contributed by atoms with Crippen molar-refractivity contribution in [2.45, 2.75) is 39.7 Å². The molecule has 0 aliphatic carbocycles. The molecule has 0 aliphatic rings. The van der Waals surface area contributed by atoms with E-state index in [1.807, 2.05) is 13.0 Å². The van der Waals surface area contributed by atoms with Crippen LogP contribution >= 0.6 is 11.6 Å². The van der Waals surface area contributed by atoms with E-state index in [2.05, 4.69) is 31.4 Å². The summed E-state index contributed by atoms with van der Waals surface area (Å²) in [6, 6.07) is 3.51. The van der Waals surface area contributed by atoms with Crippen LogP contribution in [-0.2, 0) is 4.79 Å². The molecular weight excluding hydrogens is 276 g/mol. The molecule has 0 bridgehead atoms. The van der Waals surface area contributed by atoms with Gasteiger partial charge in [-0.05, 0) is 38.8 Å². The van der Waals surface area contributed by atoms with Gasteiger partial charge in [-0.2, -0.15) is 0 Å². The molecule has 0 fully saturated rings. The highest BCUT2D eigenvalue weighted by Crippen LogP contribution is 2.30. The zero-order valence-corrected chi connectivity index (χ0v) is 13.5. The summed E-state index contributed by atoms with van der Waals surface area (Å²) in [6.45, 7) is 8.35. The Morgan fingerprint density at radius 3 is 2.60 bits per heavy atom. The topological polar surface area (TPSA) is 50.4 Å². The first-order valence-corrected chi connectivity index (χ1v) is 7.06. The predicted molar refractivity (Wildman–Crippen MR) is 83.7 cm³/mol. The van der Waals surface area contributed by atoms with Crippen molar-refractivity contribution < 1.29 is 9.53 Å². The van der Waals surface area contributed by atoms with Gasteiger partial charge in [-0.1, -0.05) is 18.5 Å². The fourth-order valence-corrected chi connectivity index (χ4v) is 1.72. The summed E-state index contributed by atoms with van der Waals surface area (Å²) in [6.07, 6.45) is 0.948. The van der Waals surface area contributed by atoms with Crippen molar-refractivity contribution in [2.75, 3.05) is 19.0 Å². The maximum absolute atomic E-state index is 12.0. The van der Waals surface area contributed by atoms with Gasteiger partial charge in [0.1, 0.15) is 5.75 Å². The maximum Gasteiger partial charge on any atom is 0.238 e. The number of ether oxygens (including phenoxy) is 1. The lowest BCUT2D eigenvalue weighted by molar-refractivity contribution is -0.115. The number of rotatable bonds is 6. The second kappa shape index (κ2) is 6.95. The zero-order valence-electron chi connectivity index (χ0n) is 12.8. The van der Waals surface area contributed by atoms with Gasteiger partial charge in [0, 0.05) is 16.6 Å². The highest BCUT2D eigenvalue weighted by atomic mass is 35.5. The van der Waals surface area contributed by atoms with Crippen molar-refractivity contribution in [1.29, 1.82) is 0 Å². The standard InChI is InChI=1S/C15H23ClN2O2/c1-6-15(3,4)17-9-14(19)18-12-7-10(2)11(16)8-13(12)20-5/h7-8,17H,6,9H2,1-5H3,(H,18,19). The van der Waals surface area contributed by atoms with Gasteiger partial charge in [-0.25, -0.2) is 0 Å². The fraction of sp³-hybridized carbons (Fsp3) is 0.533. The van der Waals surface area contributed by atoms with E-state index >= 15 is 0 Å². The van der Waals surface area contributed by atoms with Crippen molar-refractivity contribution in [1.82, 2.24) is 5.32 Å². The Labute approximate surface area is 125 Å². The Kier molecular flexibility index (Phi) is 5.84. The van der Waals surface area contributed by atoms with Crippen LogP contribution in [0.25, 0.3) is 0 Å².